The van der Waals surface area contributed by atoms with Crippen molar-refractivity contribution in [2.24, 2.45) is 0 Å². The number of ether oxygens (including phenoxy) is 1. The lowest BCUT2D eigenvalue weighted by molar-refractivity contribution is -0.118. The lowest BCUT2D eigenvalue weighted by atomic mass is 9.89. The van der Waals surface area contributed by atoms with Crippen molar-refractivity contribution in [3.63, 3.8) is 0 Å². The number of benzene rings is 1. The minimum atomic E-state index is -0.533. The maximum Gasteiger partial charge on any atom is 0.412 e. The van der Waals surface area contributed by atoms with E-state index in [2.05, 4.69) is 5.32 Å². The fourth-order valence-electron chi connectivity index (χ4n) is 2.17. The second-order valence-electron chi connectivity index (χ2n) is 5.79. The van der Waals surface area contributed by atoms with E-state index >= 15 is 0 Å². The number of anilines is 1. The van der Waals surface area contributed by atoms with Gasteiger partial charge in [-0.15, -0.1) is 0 Å². The van der Waals surface area contributed by atoms with Crippen LogP contribution in [0.2, 0.25) is 0 Å². The number of hydrogen-bond acceptors (Lipinski definition) is 3. The Balaban J connectivity index is 2.17. The smallest absolute Gasteiger partial charge is 0.412 e. The number of rotatable bonds is 1. The summed E-state index contributed by atoms with van der Waals surface area (Å²) in [5.41, 5.74) is 2.20. The van der Waals surface area contributed by atoms with Crippen LogP contribution in [-0.2, 0) is 22.4 Å². The van der Waals surface area contributed by atoms with Gasteiger partial charge in [-0.2, -0.15) is 0 Å². The van der Waals surface area contributed by atoms with Crippen LogP contribution in [0, 0.1) is 0 Å². The van der Waals surface area contributed by atoms with Gasteiger partial charge in [0.25, 0.3) is 0 Å². The van der Waals surface area contributed by atoms with Crippen molar-refractivity contribution in [1.82, 2.24) is 0 Å². The van der Waals surface area contributed by atoms with Crippen LogP contribution in [0.4, 0.5) is 10.5 Å². The van der Waals surface area contributed by atoms with Gasteiger partial charge in [0.15, 0.2) is 0 Å². The van der Waals surface area contributed by atoms with Gasteiger partial charge in [-0.3, -0.25) is 10.1 Å². The number of aryl methyl sites for hydroxylation is 1. The summed E-state index contributed by atoms with van der Waals surface area (Å²) in [6, 6.07) is 5.70. The number of ketones is 1. The van der Waals surface area contributed by atoms with E-state index in [-0.39, 0.29) is 5.78 Å². The van der Waals surface area contributed by atoms with E-state index in [0.29, 0.717) is 18.5 Å². The minimum Gasteiger partial charge on any atom is -0.444 e. The number of carbonyl (C=O) groups excluding carboxylic acids is 2. The van der Waals surface area contributed by atoms with Crippen LogP contribution in [0.5, 0.6) is 0 Å². The van der Waals surface area contributed by atoms with Crippen LogP contribution in [0.25, 0.3) is 0 Å². The van der Waals surface area contributed by atoms with E-state index in [9.17, 15) is 9.59 Å². The summed E-state index contributed by atoms with van der Waals surface area (Å²) in [6.45, 7) is 5.45. The highest BCUT2D eigenvalue weighted by molar-refractivity contribution is 5.90. The van der Waals surface area contributed by atoms with E-state index in [1.165, 1.54) is 0 Å². The summed E-state index contributed by atoms with van der Waals surface area (Å²) in [5.74, 6) is 0.214. The molecule has 19 heavy (non-hydrogen) atoms. The molecule has 4 heteroatoms. The lowest BCUT2D eigenvalue weighted by Crippen LogP contribution is -2.28. The molecule has 1 aromatic carbocycles. The average Bonchev–Trinajstić information content (AvgIpc) is 2.27. The monoisotopic (exact) mass is 261 g/mol. The van der Waals surface area contributed by atoms with Gasteiger partial charge in [-0.1, -0.05) is 12.1 Å². The quantitative estimate of drug-likeness (QED) is 0.845. The highest BCUT2D eigenvalue weighted by Gasteiger charge is 2.21. The van der Waals surface area contributed by atoms with Crippen molar-refractivity contribution >= 4 is 17.6 Å². The van der Waals surface area contributed by atoms with Crippen molar-refractivity contribution in [3.05, 3.63) is 29.3 Å². The molecule has 1 N–H and O–H groups in total. The van der Waals surface area contributed by atoms with Crippen LogP contribution in [0.3, 0.4) is 0 Å². The van der Waals surface area contributed by atoms with Crippen molar-refractivity contribution in [1.29, 1.82) is 0 Å². The predicted molar refractivity (Wildman–Crippen MR) is 73.3 cm³/mol. The maximum atomic E-state index is 11.8. The van der Waals surface area contributed by atoms with E-state index in [1.54, 1.807) is 6.07 Å². The van der Waals surface area contributed by atoms with Crippen LogP contribution >= 0.6 is 0 Å². The molecular formula is C15H19NO3. The molecule has 1 amide bonds. The van der Waals surface area contributed by atoms with Gasteiger partial charge in [0.1, 0.15) is 11.4 Å². The first-order chi connectivity index (χ1) is 8.85. The third kappa shape index (κ3) is 3.56. The highest BCUT2D eigenvalue weighted by atomic mass is 16.6. The molecule has 1 aromatic rings. The summed E-state index contributed by atoms with van der Waals surface area (Å²) < 4.78 is 5.22. The summed E-state index contributed by atoms with van der Waals surface area (Å²) in [4.78, 5) is 23.3. The van der Waals surface area contributed by atoms with Crippen LogP contribution in [0.15, 0.2) is 18.2 Å². The number of carbonyl (C=O) groups is 2. The molecule has 1 aliphatic rings. The highest BCUT2D eigenvalue weighted by Crippen LogP contribution is 2.26. The van der Waals surface area contributed by atoms with Crippen LogP contribution in [0.1, 0.15) is 38.3 Å². The molecule has 102 valence electrons. The molecular weight excluding hydrogens is 242 g/mol. The number of fused-ring (bicyclic) bond motifs is 1. The zero-order valence-electron chi connectivity index (χ0n) is 11.6. The molecule has 0 heterocycles. The zero-order chi connectivity index (χ0) is 14.0. The van der Waals surface area contributed by atoms with Gasteiger partial charge in [0.2, 0.25) is 0 Å². The van der Waals surface area contributed by atoms with E-state index in [4.69, 9.17) is 4.74 Å². The van der Waals surface area contributed by atoms with Gasteiger partial charge in [-0.25, -0.2) is 4.79 Å². The number of nitrogens with one attached hydrogen (secondary N) is 1. The zero-order valence-corrected chi connectivity index (χ0v) is 11.6. The number of amides is 1. The Labute approximate surface area is 113 Å². The Morgan fingerprint density at radius 3 is 2.68 bits per heavy atom. The van der Waals surface area contributed by atoms with Gasteiger partial charge >= 0.3 is 6.09 Å². The second kappa shape index (κ2) is 5.03. The molecule has 0 saturated heterocycles. The first-order valence-corrected chi connectivity index (χ1v) is 6.47. The second-order valence-corrected chi connectivity index (χ2v) is 5.79. The molecule has 0 aliphatic heterocycles. The lowest BCUT2D eigenvalue weighted by Gasteiger charge is -2.22. The van der Waals surface area contributed by atoms with Crippen LogP contribution in [-0.4, -0.2) is 17.5 Å². The molecule has 0 unspecified atom stereocenters. The molecule has 0 bridgehead atoms. The van der Waals surface area contributed by atoms with E-state index in [0.717, 1.165) is 17.5 Å². The number of Topliss-reactive ketones (excluding diaryl/α,β-unsaturated/α-hetero) is 1. The van der Waals surface area contributed by atoms with Gasteiger partial charge in [0.05, 0.1) is 0 Å². The molecule has 0 saturated carbocycles. The molecule has 0 aromatic heterocycles. The molecule has 0 atom stereocenters. The molecule has 4 nitrogen and oxygen atoms in total. The third-order valence-electron chi connectivity index (χ3n) is 2.96. The Morgan fingerprint density at radius 1 is 1.26 bits per heavy atom. The van der Waals surface area contributed by atoms with Crippen molar-refractivity contribution in [3.8, 4) is 0 Å². The maximum absolute atomic E-state index is 11.8. The Morgan fingerprint density at radius 2 is 2.00 bits per heavy atom. The van der Waals surface area contributed by atoms with Gasteiger partial charge in [0, 0.05) is 18.5 Å². The molecule has 0 radical (unpaired) electrons. The van der Waals surface area contributed by atoms with Crippen molar-refractivity contribution in [2.45, 2.75) is 45.6 Å². The van der Waals surface area contributed by atoms with Crippen LogP contribution < -0.4 is 5.32 Å². The largest absolute Gasteiger partial charge is 0.444 e. The van der Waals surface area contributed by atoms with E-state index < -0.39 is 11.7 Å². The molecule has 0 spiro atoms. The molecule has 2 rings (SSSR count). The molecule has 1 aliphatic carbocycles. The minimum absolute atomic E-state index is 0.214. The van der Waals surface area contributed by atoms with E-state index in [1.807, 2.05) is 32.9 Å². The summed E-state index contributed by atoms with van der Waals surface area (Å²) in [5, 5.41) is 2.73. The summed E-state index contributed by atoms with van der Waals surface area (Å²) >= 11 is 0. The number of hydrogen-bond donors (Lipinski definition) is 1. The first kappa shape index (κ1) is 13.6. The fourth-order valence-corrected chi connectivity index (χ4v) is 2.17. The standard InChI is InChI=1S/C15H19NO3/c1-15(2,3)19-14(18)16-13-6-4-5-10-7-8-11(17)9-12(10)13/h4-6H,7-9H2,1-3H3,(H,16,18). The normalized spacial score (nSPS) is 14.8. The fraction of sp³-hybridized carbons (Fsp3) is 0.467. The molecule has 0 fully saturated rings. The predicted octanol–water partition coefficient (Wildman–Crippen LogP) is 3.09. The Kier molecular flexibility index (Phi) is 3.60. The van der Waals surface area contributed by atoms with Gasteiger partial charge < -0.3 is 4.74 Å². The van der Waals surface area contributed by atoms with Crippen molar-refractivity contribution in [2.75, 3.05) is 5.32 Å². The Bertz CT molecular complexity index is 515. The third-order valence-corrected chi connectivity index (χ3v) is 2.96. The summed E-state index contributed by atoms with van der Waals surface area (Å²) in [6.07, 6.45) is 1.24. The van der Waals surface area contributed by atoms with Gasteiger partial charge in [-0.05, 0) is 44.4 Å². The summed E-state index contributed by atoms with van der Waals surface area (Å²) in [7, 11) is 0. The SMILES string of the molecule is CC(C)(C)OC(=O)Nc1cccc2c1CC(=O)CC2. The Hall–Kier alpha value is -1.84. The topological polar surface area (TPSA) is 55.4 Å². The average molecular weight is 261 g/mol. The first-order valence-electron chi connectivity index (χ1n) is 6.47. The van der Waals surface area contributed by atoms with Crippen molar-refractivity contribution < 1.29 is 14.3 Å².